The molecule has 2 amide bonds. The van der Waals surface area contributed by atoms with E-state index >= 15 is 0 Å². The molecule has 9 heteroatoms. The zero-order valence-electron chi connectivity index (χ0n) is 26.3. The number of hydrogen-bond acceptors (Lipinski definition) is 7. The predicted octanol–water partition coefficient (Wildman–Crippen LogP) is 5.65. The first-order chi connectivity index (χ1) is 22.2. The first kappa shape index (κ1) is 33.7. The van der Waals surface area contributed by atoms with Crippen molar-refractivity contribution in [1.29, 1.82) is 0 Å². The molecule has 0 saturated heterocycles. The summed E-state index contributed by atoms with van der Waals surface area (Å²) in [6, 6.07) is 31.7. The normalized spacial score (nSPS) is 12.1. The summed E-state index contributed by atoms with van der Waals surface area (Å²) in [5.41, 5.74) is 3.63. The number of aliphatic hydroxyl groups excluding tert-OH is 1. The van der Waals surface area contributed by atoms with Crippen molar-refractivity contribution in [2.75, 3.05) is 20.2 Å². The van der Waals surface area contributed by atoms with Crippen molar-refractivity contribution in [1.82, 2.24) is 10.2 Å². The highest BCUT2D eigenvalue weighted by atomic mass is 16.6. The first-order valence-corrected chi connectivity index (χ1v) is 15.2. The number of carbonyl (C=O) groups is 3. The quantitative estimate of drug-likeness (QED) is 0.138. The lowest BCUT2D eigenvalue weighted by atomic mass is 10.0. The highest BCUT2D eigenvalue weighted by Gasteiger charge is 2.29. The number of amides is 2. The van der Waals surface area contributed by atoms with Crippen molar-refractivity contribution in [3.63, 3.8) is 0 Å². The largest absolute Gasteiger partial charge is 0.493 e. The number of aliphatic hydroxyl groups is 1. The Labute approximate surface area is 269 Å². The molecule has 1 unspecified atom stereocenters. The smallest absolute Gasteiger partial charge is 0.337 e. The number of urea groups is 1. The Morgan fingerprint density at radius 1 is 0.717 bits per heavy atom. The van der Waals surface area contributed by atoms with Gasteiger partial charge in [0.05, 0.1) is 13.7 Å². The molecule has 2 N–H and O–H groups in total. The molecule has 0 heterocycles. The number of esters is 2. The van der Waals surface area contributed by atoms with E-state index in [9.17, 15) is 19.5 Å². The average Bonchev–Trinajstić information content (AvgIpc) is 3.07. The Hall–Kier alpha value is -5.15. The molecule has 9 nitrogen and oxygen atoms in total. The molecule has 0 aromatic heterocycles. The van der Waals surface area contributed by atoms with Crippen LogP contribution < -0.4 is 14.8 Å². The van der Waals surface area contributed by atoms with E-state index in [2.05, 4.69) is 5.32 Å². The van der Waals surface area contributed by atoms with Gasteiger partial charge in [0.25, 0.3) is 0 Å². The number of methoxy groups -OCH3 is 1. The van der Waals surface area contributed by atoms with Gasteiger partial charge in [0.2, 0.25) is 0 Å². The van der Waals surface area contributed by atoms with Crippen LogP contribution in [0.4, 0.5) is 4.79 Å². The maximum Gasteiger partial charge on any atom is 0.337 e. The minimum Gasteiger partial charge on any atom is -0.493 e. The monoisotopic (exact) mass is 624 g/mol. The van der Waals surface area contributed by atoms with Crippen LogP contribution >= 0.6 is 0 Å². The molecule has 0 aliphatic rings. The van der Waals surface area contributed by atoms with Crippen LogP contribution in [0.15, 0.2) is 109 Å². The summed E-state index contributed by atoms with van der Waals surface area (Å²) in [6.07, 6.45) is -1.45. The Kier molecular flexibility index (Phi) is 12.3. The summed E-state index contributed by atoms with van der Waals surface area (Å²) in [5, 5.41) is 13.5. The molecule has 0 aliphatic heterocycles. The molecule has 240 valence electrons. The second kappa shape index (κ2) is 16.8. The van der Waals surface area contributed by atoms with Gasteiger partial charge < -0.3 is 29.5 Å². The van der Waals surface area contributed by atoms with Crippen LogP contribution in [0, 0.1) is 5.92 Å². The number of nitrogens with zero attached hydrogens (tertiary/aromatic N) is 1. The molecule has 2 atom stereocenters. The van der Waals surface area contributed by atoms with Gasteiger partial charge in [0.15, 0.2) is 17.6 Å². The minimum atomic E-state index is -1.59. The molecular formula is C37H40N2O7. The zero-order valence-corrected chi connectivity index (χ0v) is 26.3. The molecule has 46 heavy (non-hydrogen) atoms. The second-order valence-corrected chi connectivity index (χ2v) is 11.2. The van der Waals surface area contributed by atoms with E-state index in [0.717, 1.165) is 22.3 Å². The molecule has 4 rings (SSSR count). The third-order valence-electron chi connectivity index (χ3n) is 7.12. The van der Waals surface area contributed by atoms with E-state index in [-0.39, 0.29) is 37.8 Å². The van der Waals surface area contributed by atoms with Crippen molar-refractivity contribution < 1.29 is 33.7 Å². The van der Waals surface area contributed by atoms with Crippen molar-refractivity contribution in [3.8, 4) is 22.6 Å². The summed E-state index contributed by atoms with van der Waals surface area (Å²) >= 11 is 0. The fourth-order valence-corrected chi connectivity index (χ4v) is 4.81. The standard InChI is InChI=1S/C37H40N2O7/c1-26(2)23-39(24-32(40)36(42)45-25-28-12-6-4-7-13-28)37(43)38-31(35(41)46-34-17-11-10-16-33(34)44-3)22-27-18-20-30(21-19-27)29-14-8-5-9-15-29/h4-21,26,31-32,40H,22-25H2,1-3H3,(H,38,43)/t31-,32?/m0/s1. The molecule has 0 aliphatic carbocycles. The molecule has 0 saturated carbocycles. The lowest BCUT2D eigenvalue weighted by Gasteiger charge is -2.28. The SMILES string of the molecule is COc1ccccc1OC(=O)[C@H](Cc1ccc(-c2ccccc2)cc1)NC(=O)N(CC(C)C)CC(O)C(=O)OCc1ccccc1. The van der Waals surface area contributed by atoms with Crippen molar-refractivity contribution in [2.45, 2.75) is 39.0 Å². The van der Waals surface area contributed by atoms with E-state index in [1.807, 2.05) is 86.6 Å². The molecule has 4 aromatic rings. The molecule has 0 bridgehead atoms. The summed E-state index contributed by atoms with van der Waals surface area (Å²) in [5.74, 6) is -0.966. The summed E-state index contributed by atoms with van der Waals surface area (Å²) < 4.78 is 16.3. The Bertz CT molecular complexity index is 1560. The van der Waals surface area contributed by atoms with Gasteiger partial charge in [0.1, 0.15) is 12.6 Å². The average molecular weight is 625 g/mol. The summed E-state index contributed by atoms with van der Waals surface area (Å²) in [6.45, 7) is 3.70. The van der Waals surface area contributed by atoms with E-state index < -0.39 is 30.1 Å². The van der Waals surface area contributed by atoms with Crippen molar-refractivity contribution in [3.05, 3.63) is 120 Å². The van der Waals surface area contributed by atoms with E-state index in [1.165, 1.54) is 12.0 Å². The van der Waals surface area contributed by atoms with Crippen LogP contribution in [0.2, 0.25) is 0 Å². The van der Waals surface area contributed by atoms with Gasteiger partial charge in [-0.25, -0.2) is 14.4 Å². The molecular weight excluding hydrogens is 584 g/mol. The number of carbonyl (C=O) groups excluding carboxylic acids is 3. The van der Waals surface area contributed by atoms with Crippen molar-refractivity contribution in [2.24, 2.45) is 5.92 Å². The maximum absolute atomic E-state index is 13.7. The molecule has 0 fully saturated rings. The van der Waals surface area contributed by atoms with Gasteiger partial charge in [-0.1, -0.05) is 111 Å². The van der Waals surface area contributed by atoms with Gasteiger partial charge in [-0.3, -0.25) is 0 Å². The number of nitrogens with one attached hydrogen (secondary N) is 1. The van der Waals surface area contributed by atoms with Gasteiger partial charge in [-0.05, 0) is 40.3 Å². The van der Waals surface area contributed by atoms with Crippen LogP contribution in [-0.2, 0) is 27.4 Å². The van der Waals surface area contributed by atoms with E-state index in [0.29, 0.717) is 5.75 Å². The van der Waals surface area contributed by atoms with Crippen LogP contribution in [0.5, 0.6) is 11.5 Å². The van der Waals surface area contributed by atoms with Crippen molar-refractivity contribution >= 4 is 18.0 Å². The lowest BCUT2D eigenvalue weighted by Crippen LogP contribution is -2.53. The Morgan fingerprint density at radius 2 is 1.30 bits per heavy atom. The van der Waals surface area contributed by atoms with Gasteiger partial charge in [-0.2, -0.15) is 0 Å². The minimum absolute atomic E-state index is 0.00259. The number of rotatable bonds is 14. The fraction of sp³-hybridized carbons (Fsp3) is 0.270. The van der Waals surface area contributed by atoms with Crippen LogP contribution in [0.1, 0.15) is 25.0 Å². The van der Waals surface area contributed by atoms with E-state index in [1.54, 1.807) is 36.4 Å². The number of hydrogen-bond donors (Lipinski definition) is 2. The van der Waals surface area contributed by atoms with Gasteiger partial charge in [0, 0.05) is 13.0 Å². The first-order valence-electron chi connectivity index (χ1n) is 15.2. The van der Waals surface area contributed by atoms with Crippen LogP contribution in [-0.4, -0.2) is 60.3 Å². The third-order valence-corrected chi connectivity index (χ3v) is 7.12. The summed E-state index contributed by atoms with van der Waals surface area (Å²) in [7, 11) is 1.47. The number of benzene rings is 4. The zero-order chi connectivity index (χ0) is 32.9. The lowest BCUT2D eigenvalue weighted by molar-refractivity contribution is -0.155. The van der Waals surface area contributed by atoms with Gasteiger partial charge >= 0.3 is 18.0 Å². The number of para-hydroxylation sites is 2. The number of ether oxygens (including phenoxy) is 3. The molecule has 0 spiro atoms. The van der Waals surface area contributed by atoms with Crippen LogP contribution in [0.25, 0.3) is 11.1 Å². The molecule has 4 aromatic carbocycles. The Morgan fingerprint density at radius 3 is 1.93 bits per heavy atom. The highest BCUT2D eigenvalue weighted by molar-refractivity contribution is 5.86. The topological polar surface area (TPSA) is 114 Å². The predicted molar refractivity (Wildman–Crippen MR) is 175 cm³/mol. The second-order valence-electron chi connectivity index (χ2n) is 11.2. The Balaban J connectivity index is 1.50. The third kappa shape index (κ3) is 9.93. The van der Waals surface area contributed by atoms with E-state index in [4.69, 9.17) is 14.2 Å². The van der Waals surface area contributed by atoms with Crippen LogP contribution in [0.3, 0.4) is 0 Å². The highest BCUT2D eigenvalue weighted by Crippen LogP contribution is 2.27. The maximum atomic E-state index is 13.7. The fourth-order valence-electron chi connectivity index (χ4n) is 4.81. The summed E-state index contributed by atoms with van der Waals surface area (Å²) in [4.78, 5) is 41.1. The molecule has 0 radical (unpaired) electrons. The van der Waals surface area contributed by atoms with Gasteiger partial charge in [-0.15, -0.1) is 0 Å².